The van der Waals surface area contributed by atoms with Crippen molar-refractivity contribution in [2.45, 2.75) is 26.4 Å². The lowest BCUT2D eigenvalue weighted by Crippen LogP contribution is -2.48. The van der Waals surface area contributed by atoms with Gasteiger partial charge in [0.15, 0.2) is 5.60 Å². The first-order valence-corrected chi connectivity index (χ1v) is 6.09. The van der Waals surface area contributed by atoms with Gasteiger partial charge in [0.05, 0.1) is 17.7 Å². The maximum Gasteiger partial charge on any atom is 0.337 e. The van der Waals surface area contributed by atoms with E-state index in [1.54, 1.807) is 26.0 Å². The Morgan fingerprint density at radius 1 is 1.15 bits per heavy atom. The minimum absolute atomic E-state index is 0.288. The van der Waals surface area contributed by atoms with E-state index in [0.717, 1.165) is 11.8 Å². The fourth-order valence-corrected chi connectivity index (χ4v) is 2.24. The monoisotopic (exact) mass is 277 g/mol. The lowest BCUT2D eigenvalue weighted by molar-refractivity contribution is -0.157. The second-order valence-corrected chi connectivity index (χ2v) is 5.22. The van der Waals surface area contributed by atoms with Crippen LogP contribution in [0.4, 0.5) is 0 Å². The van der Waals surface area contributed by atoms with E-state index in [1.807, 2.05) is 0 Å². The summed E-state index contributed by atoms with van der Waals surface area (Å²) in [4.78, 5) is 36.3. The lowest BCUT2D eigenvalue weighted by atomic mass is 9.99. The fraction of sp³-hybridized carbons (Fsp3) is 0.357. The highest BCUT2D eigenvalue weighted by Gasteiger charge is 2.43. The number of carboxylic acids is 1. The van der Waals surface area contributed by atoms with Crippen molar-refractivity contribution in [3.63, 3.8) is 0 Å². The number of amides is 2. The van der Waals surface area contributed by atoms with Crippen LogP contribution in [0.3, 0.4) is 0 Å². The molecule has 1 atom stereocenters. The zero-order chi connectivity index (χ0) is 15.2. The minimum Gasteiger partial charge on any atom is -0.479 e. The van der Waals surface area contributed by atoms with E-state index in [2.05, 4.69) is 0 Å². The van der Waals surface area contributed by atoms with Crippen molar-refractivity contribution in [2.24, 2.45) is 0 Å². The predicted molar refractivity (Wildman–Crippen MR) is 69.5 cm³/mol. The molecule has 2 rings (SSSR count). The molecule has 1 aromatic carbocycles. The van der Waals surface area contributed by atoms with Gasteiger partial charge in [-0.1, -0.05) is 12.1 Å². The zero-order valence-electron chi connectivity index (χ0n) is 11.4. The summed E-state index contributed by atoms with van der Waals surface area (Å²) in [5.41, 5.74) is -0.287. The van der Waals surface area contributed by atoms with Gasteiger partial charge < -0.3 is 10.2 Å². The number of aliphatic carboxylic acids is 1. The first kappa shape index (κ1) is 14.2. The first-order valence-electron chi connectivity index (χ1n) is 6.09. The molecule has 1 aromatic rings. The van der Waals surface area contributed by atoms with Gasteiger partial charge in [-0.3, -0.25) is 14.5 Å². The molecule has 0 spiro atoms. The van der Waals surface area contributed by atoms with Gasteiger partial charge in [0.2, 0.25) is 0 Å². The van der Waals surface area contributed by atoms with Crippen LogP contribution in [0.1, 0.15) is 38.8 Å². The van der Waals surface area contributed by atoms with Gasteiger partial charge in [-0.25, -0.2) is 4.79 Å². The van der Waals surface area contributed by atoms with Crippen LogP contribution < -0.4 is 0 Å². The molecule has 0 aliphatic carbocycles. The topological polar surface area (TPSA) is 94.9 Å². The number of nitrogens with zero attached hydrogens (tertiary/aromatic N) is 1. The Morgan fingerprint density at radius 3 is 1.90 bits per heavy atom. The van der Waals surface area contributed by atoms with Crippen LogP contribution in [0.2, 0.25) is 0 Å². The number of benzene rings is 1. The van der Waals surface area contributed by atoms with Gasteiger partial charge in [0.1, 0.15) is 0 Å². The molecule has 20 heavy (non-hydrogen) atoms. The molecular weight excluding hydrogens is 262 g/mol. The number of aryl methyl sites for hydroxylation is 2. The normalized spacial score (nSPS) is 17.1. The minimum atomic E-state index is -2.17. The fourth-order valence-electron chi connectivity index (χ4n) is 2.24. The third-order valence-corrected chi connectivity index (χ3v) is 3.47. The van der Waals surface area contributed by atoms with Crippen molar-refractivity contribution in [1.29, 1.82) is 0 Å². The molecule has 1 aliphatic heterocycles. The number of carboxylic acid groups (broad SMARTS) is 1. The summed E-state index contributed by atoms with van der Waals surface area (Å²) >= 11 is 0. The average Bonchev–Trinajstić information content (AvgIpc) is 2.59. The second-order valence-electron chi connectivity index (χ2n) is 5.22. The molecule has 2 N–H and O–H groups in total. The molecule has 2 amide bonds. The SMILES string of the molecule is Cc1ccc(C)c2c1C(=O)N(CC(C)(O)C(=O)O)C2=O. The number of hydrogen-bond donors (Lipinski definition) is 2. The van der Waals surface area contributed by atoms with Crippen LogP contribution >= 0.6 is 0 Å². The zero-order valence-corrected chi connectivity index (χ0v) is 11.4. The highest BCUT2D eigenvalue weighted by atomic mass is 16.4. The van der Waals surface area contributed by atoms with Gasteiger partial charge in [-0.2, -0.15) is 0 Å². The van der Waals surface area contributed by atoms with Crippen molar-refractivity contribution < 1.29 is 24.6 Å². The quantitative estimate of drug-likeness (QED) is 0.794. The van der Waals surface area contributed by atoms with Gasteiger partial charge in [0.25, 0.3) is 11.8 Å². The Kier molecular flexibility index (Phi) is 3.14. The van der Waals surface area contributed by atoms with Crippen LogP contribution in [0.5, 0.6) is 0 Å². The molecule has 0 fully saturated rings. The van der Waals surface area contributed by atoms with E-state index in [9.17, 15) is 19.5 Å². The van der Waals surface area contributed by atoms with Gasteiger partial charge in [-0.15, -0.1) is 0 Å². The Balaban J connectivity index is 2.46. The van der Waals surface area contributed by atoms with E-state index in [1.165, 1.54) is 0 Å². The average molecular weight is 277 g/mol. The van der Waals surface area contributed by atoms with Crippen molar-refractivity contribution in [1.82, 2.24) is 4.90 Å². The molecule has 0 saturated carbocycles. The summed E-state index contributed by atoms with van der Waals surface area (Å²) in [6.07, 6.45) is 0. The summed E-state index contributed by atoms with van der Waals surface area (Å²) in [6, 6.07) is 3.47. The van der Waals surface area contributed by atoms with Crippen LogP contribution in [0, 0.1) is 13.8 Å². The Bertz CT molecular complexity index is 592. The van der Waals surface area contributed by atoms with E-state index in [4.69, 9.17) is 5.11 Å². The molecule has 0 radical (unpaired) electrons. The van der Waals surface area contributed by atoms with Crippen LogP contribution in [0.15, 0.2) is 12.1 Å². The molecule has 0 aromatic heterocycles. The summed E-state index contributed by atoms with van der Waals surface area (Å²) < 4.78 is 0. The molecule has 0 saturated heterocycles. The molecule has 1 unspecified atom stereocenters. The van der Waals surface area contributed by atoms with E-state index in [0.29, 0.717) is 11.1 Å². The Labute approximate surface area is 115 Å². The molecular formula is C14H15NO5. The van der Waals surface area contributed by atoms with Crippen LogP contribution in [0.25, 0.3) is 0 Å². The smallest absolute Gasteiger partial charge is 0.337 e. The second kappa shape index (κ2) is 4.42. The molecule has 6 nitrogen and oxygen atoms in total. The summed E-state index contributed by atoms with van der Waals surface area (Å²) in [5.74, 6) is -2.61. The van der Waals surface area contributed by atoms with E-state index < -0.39 is 29.9 Å². The van der Waals surface area contributed by atoms with Crippen molar-refractivity contribution in [3.8, 4) is 0 Å². The Morgan fingerprint density at radius 2 is 1.55 bits per heavy atom. The van der Waals surface area contributed by atoms with Crippen molar-refractivity contribution >= 4 is 17.8 Å². The van der Waals surface area contributed by atoms with Crippen molar-refractivity contribution in [3.05, 3.63) is 34.4 Å². The molecule has 106 valence electrons. The molecule has 6 heteroatoms. The highest BCUT2D eigenvalue weighted by molar-refractivity contribution is 6.22. The molecule has 1 heterocycles. The van der Waals surface area contributed by atoms with Crippen LogP contribution in [-0.4, -0.2) is 45.0 Å². The summed E-state index contributed by atoms with van der Waals surface area (Å²) in [5, 5.41) is 18.7. The summed E-state index contributed by atoms with van der Waals surface area (Å²) in [6.45, 7) is 3.90. The van der Waals surface area contributed by atoms with E-state index >= 15 is 0 Å². The highest BCUT2D eigenvalue weighted by Crippen LogP contribution is 2.29. The predicted octanol–water partition coefficient (Wildman–Crippen LogP) is 0.735. The molecule has 1 aliphatic rings. The first-order chi connectivity index (χ1) is 9.16. The standard InChI is InChI=1S/C14H15NO5/c1-7-4-5-8(2)10-9(7)11(16)15(12(10)17)6-14(3,20)13(18)19/h4-5,20H,6H2,1-3H3,(H,18,19). The number of fused-ring (bicyclic) bond motifs is 1. The number of β-amino-alcohol motifs (C(OH)–C–C–N with tert-alkyl or cyclic N) is 1. The van der Waals surface area contributed by atoms with Gasteiger partial charge >= 0.3 is 5.97 Å². The number of imide groups is 1. The lowest BCUT2D eigenvalue weighted by Gasteiger charge is -2.23. The number of carbonyl (C=O) groups is 3. The van der Waals surface area contributed by atoms with Gasteiger partial charge in [0, 0.05) is 0 Å². The Hall–Kier alpha value is -2.21. The third-order valence-electron chi connectivity index (χ3n) is 3.47. The van der Waals surface area contributed by atoms with E-state index in [-0.39, 0.29) is 11.1 Å². The number of hydrogen-bond acceptors (Lipinski definition) is 4. The number of carbonyl (C=O) groups excluding carboxylic acids is 2. The number of rotatable bonds is 3. The van der Waals surface area contributed by atoms with Crippen molar-refractivity contribution in [2.75, 3.05) is 6.54 Å². The third kappa shape index (κ3) is 1.98. The van der Waals surface area contributed by atoms with Gasteiger partial charge in [-0.05, 0) is 31.9 Å². The maximum absolute atomic E-state index is 12.3. The summed E-state index contributed by atoms with van der Waals surface area (Å²) in [7, 11) is 0. The maximum atomic E-state index is 12.3. The van der Waals surface area contributed by atoms with Crippen LogP contribution in [-0.2, 0) is 4.79 Å². The molecule has 0 bridgehead atoms. The number of aliphatic hydroxyl groups is 1. The largest absolute Gasteiger partial charge is 0.479 e.